The Balaban J connectivity index is 1.69. The molecule has 186 valence electrons. The predicted octanol–water partition coefficient (Wildman–Crippen LogP) is 3.24. The van der Waals surface area contributed by atoms with Crippen molar-refractivity contribution in [2.45, 2.75) is 26.0 Å². The highest BCUT2D eigenvalue weighted by Gasteiger charge is 2.46. The molecule has 0 saturated carbocycles. The summed E-state index contributed by atoms with van der Waals surface area (Å²) in [7, 11) is 1.58. The van der Waals surface area contributed by atoms with Gasteiger partial charge in [-0.25, -0.2) is 0 Å². The zero-order valence-corrected chi connectivity index (χ0v) is 20.4. The van der Waals surface area contributed by atoms with Crippen molar-refractivity contribution < 1.29 is 28.9 Å². The molecule has 1 amide bonds. The lowest BCUT2D eigenvalue weighted by atomic mass is 9.95. The summed E-state index contributed by atoms with van der Waals surface area (Å²) in [4.78, 5) is 30.1. The Morgan fingerprint density at radius 1 is 1.00 bits per heavy atom. The van der Waals surface area contributed by atoms with E-state index in [9.17, 15) is 14.7 Å². The minimum Gasteiger partial charge on any atom is -0.507 e. The van der Waals surface area contributed by atoms with E-state index in [2.05, 4.69) is 4.90 Å². The third-order valence-corrected chi connectivity index (χ3v) is 6.23. The molecule has 0 spiro atoms. The summed E-state index contributed by atoms with van der Waals surface area (Å²) in [5, 5.41) is 11.2. The zero-order chi connectivity index (χ0) is 24.9. The van der Waals surface area contributed by atoms with Gasteiger partial charge in [0, 0.05) is 31.7 Å². The van der Waals surface area contributed by atoms with Crippen molar-refractivity contribution in [1.29, 1.82) is 0 Å². The highest BCUT2D eigenvalue weighted by Crippen LogP contribution is 2.40. The lowest BCUT2D eigenvalue weighted by Gasteiger charge is -2.31. The van der Waals surface area contributed by atoms with Gasteiger partial charge in [0.05, 0.1) is 38.0 Å². The molecule has 0 unspecified atom stereocenters. The first-order valence-electron chi connectivity index (χ1n) is 11.9. The van der Waals surface area contributed by atoms with Crippen molar-refractivity contribution in [3.63, 3.8) is 0 Å². The number of aliphatic hydroxyl groups excluding tert-OH is 1. The van der Waals surface area contributed by atoms with E-state index in [-0.39, 0.29) is 17.4 Å². The van der Waals surface area contributed by atoms with E-state index in [1.807, 2.05) is 26.0 Å². The van der Waals surface area contributed by atoms with Crippen LogP contribution in [0.2, 0.25) is 0 Å². The second kappa shape index (κ2) is 10.9. The van der Waals surface area contributed by atoms with E-state index < -0.39 is 17.7 Å². The van der Waals surface area contributed by atoms with Crippen molar-refractivity contribution >= 4 is 17.4 Å². The molecule has 2 saturated heterocycles. The summed E-state index contributed by atoms with van der Waals surface area (Å²) < 4.78 is 16.4. The van der Waals surface area contributed by atoms with Crippen LogP contribution in [-0.2, 0) is 14.3 Å². The molecule has 2 aliphatic rings. The van der Waals surface area contributed by atoms with Gasteiger partial charge in [-0.3, -0.25) is 14.5 Å². The van der Waals surface area contributed by atoms with Crippen LogP contribution in [0, 0.1) is 0 Å². The summed E-state index contributed by atoms with van der Waals surface area (Å²) in [5.74, 6) is -0.170. The van der Waals surface area contributed by atoms with Crippen molar-refractivity contribution in [2.75, 3.05) is 46.5 Å². The summed E-state index contributed by atoms with van der Waals surface area (Å²) in [6.45, 7) is 7.70. The fourth-order valence-corrected chi connectivity index (χ4v) is 4.44. The maximum Gasteiger partial charge on any atom is 0.295 e. The van der Waals surface area contributed by atoms with Gasteiger partial charge in [0.2, 0.25) is 0 Å². The van der Waals surface area contributed by atoms with Crippen LogP contribution in [0.5, 0.6) is 11.5 Å². The molecule has 8 heteroatoms. The normalized spacial score (nSPS) is 20.5. The average Bonchev–Trinajstić information content (AvgIpc) is 3.12. The number of benzene rings is 2. The first-order chi connectivity index (χ1) is 16.9. The SMILES string of the molecule is COc1ccc([C@@H]2C(=C(O)c3ccc(OC(C)C)cc3)C(=O)C(=O)N2CCN2CCOCC2)cc1. The van der Waals surface area contributed by atoms with Gasteiger partial charge in [0.1, 0.15) is 17.3 Å². The van der Waals surface area contributed by atoms with Crippen molar-refractivity contribution in [3.05, 3.63) is 65.2 Å². The number of rotatable bonds is 8. The Hall–Kier alpha value is -3.36. The fourth-order valence-electron chi connectivity index (χ4n) is 4.44. The van der Waals surface area contributed by atoms with Crippen molar-refractivity contribution in [2.24, 2.45) is 0 Å². The third kappa shape index (κ3) is 5.49. The van der Waals surface area contributed by atoms with Crippen LogP contribution in [0.25, 0.3) is 5.76 Å². The number of likely N-dealkylation sites (tertiary alicyclic amines) is 1. The number of ketones is 1. The number of morpholine rings is 1. The highest BCUT2D eigenvalue weighted by molar-refractivity contribution is 6.46. The highest BCUT2D eigenvalue weighted by atomic mass is 16.5. The van der Waals surface area contributed by atoms with Gasteiger partial charge in [0.25, 0.3) is 11.7 Å². The quantitative estimate of drug-likeness (QED) is 0.353. The Morgan fingerprint density at radius 3 is 2.23 bits per heavy atom. The summed E-state index contributed by atoms with van der Waals surface area (Å²) in [6.07, 6.45) is 0.0151. The molecule has 0 aliphatic carbocycles. The number of ether oxygens (including phenoxy) is 3. The molecule has 4 rings (SSSR count). The van der Waals surface area contributed by atoms with Gasteiger partial charge >= 0.3 is 0 Å². The standard InChI is InChI=1S/C27H32N2O6/c1-18(2)35-22-10-6-20(7-11-22)25(30)23-24(19-4-8-21(33-3)9-5-19)29(27(32)26(23)31)13-12-28-14-16-34-17-15-28/h4-11,18,24,30H,12-17H2,1-3H3/t24-/m1/s1. The zero-order valence-electron chi connectivity index (χ0n) is 20.4. The molecule has 2 aromatic carbocycles. The van der Waals surface area contributed by atoms with Gasteiger partial charge in [-0.1, -0.05) is 12.1 Å². The molecule has 2 heterocycles. The Morgan fingerprint density at radius 2 is 1.63 bits per heavy atom. The average molecular weight is 481 g/mol. The van der Waals surface area contributed by atoms with Crippen LogP contribution in [0.15, 0.2) is 54.1 Å². The molecule has 35 heavy (non-hydrogen) atoms. The number of methoxy groups -OCH3 is 1. The number of carbonyl (C=O) groups excluding carboxylic acids is 2. The third-order valence-electron chi connectivity index (χ3n) is 6.23. The van der Waals surface area contributed by atoms with E-state index in [1.165, 1.54) is 0 Å². The molecular weight excluding hydrogens is 448 g/mol. The van der Waals surface area contributed by atoms with Crippen LogP contribution >= 0.6 is 0 Å². The van der Waals surface area contributed by atoms with Crippen LogP contribution in [0.3, 0.4) is 0 Å². The first-order valence-corrected chi connectivity index (χ1v) is 11.9. The van der Waals surface area contributed by atoms with E-state index >= 15 is 0 Å². The smallest absolute Gasteiger partial charge is 0.295 e. The molecule has 0 bridgehead atoms. The molecule has 1 N–H and O–H groups in total. The molecule has 0 aromatic heterocycles. The largest absolute Gasteiger partial charge is 0.507 e. The fraction of sp³-hybridized carbons (Fsp3) is 0.407. The van der Waals surface area contributed by atoms with Crippen molar-refractivity contribution in [3.8, 4) is 11.5 Å². The number of nitrogens with zero attached hydrogens (tertiary/aromatic N) is 2. The minimum absolute atomic E-state index is 0.0151. The molecule has 2 aromatic rings. The molecule has 2 fully saturated rings. The summed E-state index contributed by atoms with van der Waals surface area (Å²) in [6, 6.07) is 13.4. The van der Waals surface area contributed by atoms with Crippen LogP contribution in [-0.4, -0.2) is 79.2 Å². The minimum atomic E-state index is -0.700. The van der Waals surface area contributed by atoms with Crippen molar-refractivity contribution in [1.82, 2.24) is 9.80 Å². The lowest BCUT2D eigenvalue weighted by molar-refractivity contribution is -0.140. The van der Waals surface area contributed by atoms with E-state index in [0.29, 0.717) is 43.4 Å². The van der Waals surface area contributed by atoms with Crippen LogP contribution < -0.4 is 9.47 Å². The van der Waals surface area contributed by atoms with Gasteiger partial charge < -0.3 is 24.2 Å². The van der Waals surface area contributed by atoms with Crippen LogP contribution in [0.4, 0.5) is 0 Å². The molecular formula is C27H32N2O6. The molecule has 2 aliphatic heterocycles. The number of carbonyl (C=O) groups is 2. The number of hydrogen-bond acceptors (Lipinski definition) is 7. The van der Waals surface area contributed by atoms with E-state index in [0.717, 1.165) is 18.7 Å². The number of amides is 1. The van der Waals surface area contributed by atoms with Crippen LogP contribution in [0.1, 0.15) is 31.0 Å². The predicted molar refractivity (Wildman–Crippen MR) is 131 cm³/mol. The summed E-state index contributed by atoms with van der Waals surface area (Å²) >= 11 is 0. The topological polar surface area (TPSA) is 88.5 Å². The van der Waals surface area contributed by atoms with E-state index in [1.54, 1.807) is 48.4 Å². The summed E-state index contributed by atoms with van der Waals surface area (Å²) in [5.41, 5.74) is 1.26. The number of hydrogen-bond donors (Lipinski definition) is 1. The Bertz CT molecular complexity index is 1070. The molecule has 0 radical (unpaired) electrons. The van der Waals surface area contributed by atoms with Gasteiger partial charge in [0.15, 0.2) is 0 Å². The molecule has 1 atom stereocenters. The van der Waals surface area contributed by atoms with Gasteiger partial charge in [-0.2, -0.15) is 0 Å². The second-order valence-electron chi connectivity index (χ2n) is 8.91. The van der Waals surface area contributed by atoms with Gasteiger partial charge in [-0.05, 0) is 55.8 Å². The maximum atomic E-state index is 13.2. The van der Waals surface area contributed by atoms with Gasteiger partial charge in [-0.15, -0.1) is 0 Å². The number of Topliss-reactive ketones (excluding diaryl/α,β-unsaturated/α-hetero) is 1. The maximum absolute atomic E-state index is 13.2. The lowest BCUT2D eigenvalue weighted by Crippen LogP contribution is -2.42. The molecule has 8 nitrogen and oxygen atoms in total. The Labute approximate surface area is 205 Å². The first kappa shape index (κ1) is 24.8. The number of aliphatic hydroxyl groups is 1. The Kier molecular flexibility index (Phi) is 7.73. The van der Waals surface area contributed by atoms with E-state index in [4.69, 9.17) is 14.2 Å². The monoisotopic (exact) mass is 480 g/mol. The second-order valence-corrected chi connectivity index (χ2v) is 8.91.